The molecular formula is C23H22F4N4O4. The smallest absolute Gasteiger partial charge is 0.377 e. The fourth-order valence-corrected chi connectivity index (χ4v) is 3.45. The molecule has 3 N–H and O–H groups in total. The molecule has 1 fully saturated rings. The Balaban J connectivity index is 1.53. The number of carbonyl (C=O) groups excluding carboxylic acids is 3. The van der Waals surface area contributed by atoms with Crippen molar-refractivity contribution in [3.63, 3.8) is 0 Å². The molecule has 12 heteroatoms. The first-order valence-corrected chi connectivity index (χ1v) is 10.6. The first-order chi connectivity index (χ1) is 16.6. The van der Waals surface area contributed by atoms with E-state index in [2.05, 4.69) is 5.32 Å². The Kier molecular flexibility index (Phi) is 8.18. The van der Waals surface area contributed by atoms with Gasteiger partial charge in [-0.2, -0.15) is 13.2 Å². The van der Waals surface area contributed by atoms with E-state index in [0.717, 1.165) is 6.07 Å². The van der Waals surface area contributed by atoms with Gasteiger partial charge in [-0.1, -0.05) is 18.2 Å². The number of nitrogens with one attached hydrogen (secondary N) is 3. The molecule has 3 amide bonds. The van der Waals surface area contributed by atoms with Gasteiger partial charge < -0.3 is 20.3 Å². The maximum atomic E-state index is 13.5. The lowest BCUT2D eigenvalue weighted by Gasteiger charge is -2.35. The zero-order valence-corrected chi connectivity index (χ0v) is 18.3. The highest BCUT2D eigenvalue weighted by molar-refractivity contribution is 6.08. The molecule has 35 heavy (non-hydrogen) atoms. The molecule has 0 radical (unpaired) electrons. The van der Waals surface area contributed by atoms with Crippen molar-refractivity contribution in [1.82, 2.24) is 15.5 Å². The second-order valence-corrected chi connectivity index (χ2v) is 7.69. The molecule has 0 spiro atoms. The average Bonchev–Trinajstić information content (AvgIpc) is 2.83. The molecule has 1 heterocycles. The fourth-order valence-electron chi connectivity index (χ4n) is 3.45. The summed E-state index contributed by atoms with van der Waals surface area (Å²) in [6.45, 7) is 1.12. The van der Waals surface area contributed by atoms with Crippen LogP contribution in [0.4, 0.5) is 17.6 Å². The summed E-state index contributed by atoms with van der Waals surface area (Å²) in [5, 5.41) is 11.7. The van der Waals surface area contributed by atoms with E-state index in [1.54, 1.807) is 4.90 Å². The molecule has 0 bridgehead atoms. The first kappa shape index (κ1) is 25.8. The molecule has 2 aromatic rings. The van der Waals surface area contributed by atoms with Crippen LogP contribution in [-0.4, -0.2) is 67.0 Å². The number of hydrogen-bond donors (Lipinski definition) is 3. The average molecular weight is 494 g/mol. The molecule has 186 valence electrons. The Labute approximate surface area is 197 Å². The number of hydrogen-bond acceptors (Lipinski definition) is 5. The fraction of sp³-hybridized carbons (Fsp3) is 0.304. The zero-order chi connectivity index (χ0) is 25.6. The Morgan fingerprint density at radius 3 is 2.40 bits per heavy atom. The van der Waals surface area contributed by atoms with Crippen molar-refractivity contribution < 1.29 is 36.7 Å². The first-order valence-electron chi connectivity index (χ1n) is 10.6. The minimum atomic E-state index is -5.12. The summed E-state index contributed by atoms with van der Waals surface area (Å²) in [7, 11) is 0. The number of alkyl halides is 3. The molecule has 3 rings (SSSR count). The molecule has 1 aliphatic heterocycles. The van der Waals surface area contributed by atoms with Crippen molar-refractivity contribution in [2.75, 3.05) is 26.3 Å². The van der Waals surface area contributed by atoms with Gasteiger partial charge in [0.15, 0.2) is 0 Å². The minimum absolute atomic E-state index is 0.00925. The number of morpholine rings is 1. The standard InChI is InChI=1S/C23H22F4N4O4/c24-17-3-1-2-16(12-17)21(33)31-10-11-35-13-18(31)8-9-29-20(32)15-6-4-14(5-7-15)19(28)30-22(34)23(25,26)27/h1-7,12,18H,8-11,13H2,(H,29,32)(H2,28,30,34). The molecule has 0 aliphatic carbocycles. The number of nitrogens with zero attached hydrogens (tertiary/aromatic N) is 1. The molecule has 1 aliphatic rings. The van der Waals surface area contributed by atoms with Crippen LogP contribution in [0.25, 0.3) is 0 Å². The molecular weight excluding hydrogens is 472 g/mol. The van der Waals surface area contributed by atoms with E-state index in [1.807, 2.05) is 0 Å². The number of halogens is 4. The van der Waals surface area contributed by atoms with Gasteiger partial charge in [-0.05, 0) is 36.8 Å². The largest absolute Gasteiger partial charge is 0.471 e. The molecule has 1 saturated heterocycles. The summed E-state index contributed by atoms with van der Waals surface area (Å²) >= 11 is 0. The number of ether oxygens (including phenoxy) is 1. The van der Waals surface area contributed by atoms with E-state index in [-0.39, 0.29) is 41.8 Å². The monoisotopic (exact) mass is 494 g/mol. The van der Waals surface area contributed by atoms with Gasteiger partial charge >= 0.3 is 12.1 Å². The third kappa shape index (κ3) is 6.85. The van der Waals surface area contributed by atoms with Crippen molar-refractivity contribution in [2.24, 2.45) is 0 Å². The summed E-state index contributed by atoms with van der Waals surface area (Å²) in [4.78, 5) is 37.7. The van der Waals surface area contributed by atoms with Crippen LogP contribution in [0.2, 0.25) is 0 Å². The molecule has 2 aromatic carbocycles. The normalized spacial score (nSPS) is 15.9. The van der Waals surface area contributed by atoms with Gasteiger partial charge in [-0.3, -0.25) is 19.8 Å². The van der Waals surface area contributed by atoms with E-state index >= 15 is 0 Å². The van der Waals surface area contributed by atoms with Gasteiger partial charge in [0.05, 0.1) is 19.3 Å². The van der Waals surface area contributed by atoms with Crippen LogP contribution in [0.5, 0.6) is 0 Å². The molecule has 8 nitrogen and oxygen atoms in total. The van der Waals surface area contributed by atoms with E-state index in [0.29, 0.717) is 19.6 Å². The van der Waals surface area contributed by atoms with Gasteiger partial charge in [0.25, 0.3) is 11.8 Å². The topological polar surface area (TPSA) is 112 Å². The van der Waals surface area contributed by atoms with Crippen molar-refractivity contribution in [3.05, 3.63) is 71.0 Å². The number of amides is 3. The minimum Gasteiger partial charge on any atom is -0.377 e. The van der Waals surface area contributed by atoms with Gasteiger partial charge in [-0.25, -0.2) is 4.39 Å². The van der Waals surface area contributed by atoms with Crippen LogP contribution < -0.4 is 10.6 Å². The molecule has 0 saturated carbocycles. The number of carbonyl (C=O) groups is 3. The van der Waals surface area contributed by atoms with E-state index < -0.39 is 29.6 Å². The zero-order valence-electron chi connectivity index (χ0n) is 18.3. The third-order valence-electron chi connectivity index (χ3n) is 5.25. The van der Waals surface area contributed by atoms with Crippen LogP contribution >= 0.6 is 0 Å². The SMILES string of the molecule is N=C(NC(=O)C(F)(F)F)c1ccc(C(=O)NCCC2COCCN2C(=O)c2cccc(F)c2)cc1. The highest BCUT2D eigenvalue weighted by atomic mass is 19.4. The van der Waals surface area contributed by atoms with E-state index in [9.17, 15) is 31.9 Å². The maximum Gasteiger partial charge on any atom is 0.471 e. The Bertz CT molecular complexity index is 1110. The van der Waals surface area contributed by atoms with Gasteiger partial charge in [-0.15, -0.1) is 0 Å². The lowest BCUT2D eigenvalue weighted by molar-refractivity contribution is -0.171. The Hall–Kier alpha value is -3.80. The second kappa shape index (κ2) is 11.1. The van der Waals surface area contributed by atoms with Crippen molar-refractivity contribution in [3.8, 4) is 0 Å². The van der Waals surface area contributed by atoms with Crippen LogP contribution in [-0.2, 0) is 9.53 Å². The molecule has 1 atom stereocenters. The predicted octanol–water partition coefficient (Wildman–Crippen LogP) is 2.49. The number of amidine groups is 1. The Morgan fingerprint density at radius 1 is 1.06 bits per heavy atom. The predicted molar refractivity (Wildman–Crippen MR) is 116 cm³/mol. The lowest BCUT2D eigenvalue weighted by atomic mass is 10.1. The Morgan fingerprint density at radius 2 is 1.74 bits per heavy atom. The second-order valence-electron chi connectivity index (χ2n) is 7.69. The molecule has 1 unspecified atom stereocenters. The summed E-state index contributed by atoms with van der Waals surface area (Å²) in [5.41, 5.74) is 0.402. The van der Waals surface area contributed by atoms with Crippen LogP contribution in [0.1, 0.15) is 32.7 Å². The van der Waals surface area contributed by atoms with Crippen molar-refractivity contribution in [1.29, 1.82) is 5.41 Å². The highest BCUT2D eigenvalue weighted by Gasteiger charge is 2.39. The summed E-state index contributed by atoms with van der Waals surface area (Å²) in [6.07, 6.45) is -4.74. The van der Waals surface area contributed by atoms with Crippen molar-refractivity contribution in [2.45, 2.75) is 18.6 Å². The van der Waals surface area contributed by atoms with Gasteiger partial charge in [0, 0.05) is 29.8 Å². The van der Waals surface area contributed by atoms with E-state index in [4.69, 9.17) is 10.1 Å². The van der Waals surface area contributed by atoms with Crippen LogP contribution in [0.15, 0.2) is 48.5 Å². The molecule has 0 aromatic heterocycles. The lowest BCUT2D eigenvalue weighted by Crippen LogP contribution is -2.49. The van der Waals surface area contributed by atoms with Crippen LogP contribution in [0.3, 0.4) is 0 Å². The number of benzene rings is 2. The summed E-state index contributed by atoms with van der Waals surface area (Å²) < 4.78 is 55.9. The van der Waals surface area contributed by atoms with Gasteiger partial charge in [0.1, 0.15) is 11.7 Å². The van der Waals surface area contributed by atoms with Crippen LogP contribution in [0, 0.1) is 11.2 Å². The van der Waals surface area contributed by atoms with E-state index in [1.165, 1.54) is 47.8 Å². The third-order valence-corrected chi connectivity index (χ3v) is 5.25. The summed E-state index contributed by atoms with van der Waals surface area (Å²) in [6, 6.07) is 10.1. The number of rotatable bonds is 6. The maximum absolute atomic E-state index is 13.5. The quantitative estimate of drug-likeness (QED) is 0.326. The van der Waals surface area contributed by atoms with Crippen molar-refractivity contribution >= 4 is 23.6 Å². The van der Waals surface area contributed by atoms with Gasteiger partial charge in [0.2, 0.25) is 0 Å². The highest BCUT2D eigenvalue weighted by Crippen LogP contribution is 2.17. The summed E-state index contributed by atoms with van der Waals surface area (Å²) in [5.74, 6) is -4.33.